The number of carbonyl (C=O) groups is 2. The van der Waals surface area contributed by atoms with E-state index >= 15 is 0 Å². The smallest absolute Gasteiger partial charge is 0.244 e. The summed E-state index contributed by atoms with van der Waals surface area (Å²) in [5, 5.41) is 12.5. The minimum absolute atomic E-state index is 0.253. The van der Waals surface area contributed by atoms with Gasteiger partial charge in [0.15, 0.2) is 0 Å². The molecule has 1 N–H and O–H groups in total. The fraction of sp³-hybridized carbons (Fsp3) is 0.118. The predicted molar refractivity (Wildman–Crippen MR) is 94.3 cm³/mol. The van der Waals surface area contributed by atoms with Gasteiger partial charge in [-0.2, -0.15) is 5.26 Å². The molecule has 0 saturated carbocycles. The molecule has 0 radical (unpaired) electrons. The Hall–Kier alpha value is -2.55. The topological polar surface area (TPSA) is 73.2 Å². The van der Waals surface area contributed by atoms with Crippen LogP contribution >= 0.6 is 23.2 Å². The van der Waals surface area contributed by atoms with Crippen LogP contribution in [0.2, 0.25) is 10.0 Å². The number of hydrogen-bond acceptors (Lipinski definition) is 3. The highest BCUT2D eigenvalue weighted by atomic mass is 35.5. The fourth-order valence-electron chi connectivity index (χ4n) is 2.10. The van der Waals surface area contributed by atoms with Gasteiger partial charge in [-0.05, 0) is 30.3 Å². The lowest BCUT2D eigenvalue weighted by Crippen LogP contribution is -2.37. The number of carbonyl (C=O) groups excluding carboxylic acids is 2. The van der Waals surface area contributed by atoms with E-state index in [1.165, 1.54) is 17.9 Å². The number of nitriles is 1. The summed E-state index contributed by atoms with van der Waals surface area (Å²) in [5.74, 6) is -0.813. The second-order valence-electron chi connectivity index (χ2n) is 4.91. The molecule has 0 aliphatic rings. The summed E-state index contributed by atoms with van der Waals surface area (Å²) in [5.41, 5.74) is 1.03. The van der Waals surface area contributed by atoms with Crippen molar-refractivity contribution in [2.45, 2.75) is 6.92 Å². The van der Waals surface area contributed by atoms with Gasteiger partial charge in [0, 0.05) is 11.9 Å². The highest BCUT2D eigenvalue weighted by Crippen LogP contribution is 2.26. The number of benzene rings is 2. The van der Waals surface area contributed by atoms with Crippen molar-refractivity contribution in [3.63, 3.8) is 0 Å². The van der Waals surface area contributed by atoms with Gasteiger partial charge in [-0.1, -0.05) is 35.3 Å². The van der Waals surface area contributed by atoms with Crippen LogP contribution in [0.25, 0.3) is 0 Å². The average Bonchev–Trinajstić information content (AvgIpc) is 2.55. The third-order valence-electron chi connectivity index (χ3n) is 3.20. The molecule has 0 saturated heterocycles. The molecule has 24 heavy (non-hydrogen) atoms. The molecular formula is C17H13Cl2N3O2. The monoisotopic (exact) mass is 361 g/mol. The molecule has 0 heterocycles. The lowest BCUT2D eigenvalue weighted by Gasteiger charge is -2.21. The van der Waals surface area contributed by atoms with Crippen molar-refractivity contribution < 1.29 is 9.59 Å². The Bertz CT molecular complexity index is 831. The number of anilines is 2. The van der Waals surface area contributed by atoms with Crippen LogP contribution in [0.1, 0.15) is 12.5 Å². The van der Waals surface area contributed by atoms with Crippen molar-refractivity contribution in [2.75, 3.05) is 16.8 Å². The summed E-state index contributed by atoms with van der Waals surface area (Å²) in [7, 11) is 0. The van der Waals surface area contributed by atoms with Crippen LogP contribution in [0.5, 0.6) is 0 Å². The predicted octanol–water partition coefficient (Wildman–Crippen LogP) is 3.86. The Kier molecular flexibility index (Phi) is 5.80. The molecule has 122 valence electrons. The van der Waals surface area contributed by atoms with Crippen LogP contribution in [-0.4, -0.2) is 18.4 Å². The Labute approximate surface area is 149 Å². The van der Waals surface area contributed by atoms with Gasteiger partial charge in [0.05, 0.1) is 22.0 Å². The van der Waals surface area contributed by atoms with Gasteiger partial charge < -0.3 is 10.2 Å². The largest absolute Gasteiger partial charge is 0.323 e. The zero-order chi connectivity index (χ0) is 17.7. The summed E-state index contributed by atoms with van der Waals surface area (Å²) in [6, 6.07) is 13.3. The van der Waals surface area contributed by atoms with Crippen molar-refractivity contribution in [1.29, 1.82) is 5.26 Å². The first kappa shape index (κ1) is 17.8. The molecule has 0 spiro atoms. The van der Waals surface area contributed by atoms with Crippen molar-refractivity contribution >= 4 is 46.4 Å². The first-order chi connectivity index (χ1) is 11.4. The van der Waals surface area contributed by atoms with Crippen LogP contribution in [0.3, 0.4) is 0 Å². The standard InChI is InChI=1S/C17H13Cl2N3O2/c1-11(23)22(16-5-3-2-4-12(16)9-20)10-17(24)21-15-8-13(18)6-7-14(15)19/h2-8H,10H2,1H3,(H,21,24). The lowest BCUT2D eigenvalue weighted by atomic mass is 10.1. The molecule has 2 rings (SSSR count). The maximum atomic E-state index is 12.3. The maximum absolute atomic E-state index is 12.3. The van der Waals surface area contributed by atoms with Crippen molar-refractivity contribution in [3.05, 3.63) is 58.1 Å². The zero-order valence-electron chi connectivity index (χ0n) is 12.7. The molecule has 0 fully saturated rings. The molecule has 0 bridgehead atoms. The maximum Gasteiger partial charge on any atom is 0.244 e. The van der Waals surface area contributed by atoms with Gasteiger partial charge in [0.1, 0.15) is 12.6 Å². The molecule has 0 atom stereocenters. The van der Waals surface area contributed by atoms with Gasteiger partial charge in [0.25, 0.3) is 0 Å². The van der Waals surface area contributed by atoms with Crippen molar-refractivity contribution in [1.82, 2.24) is 0 Å². The van der Waals surface area contributed by atoms with Crippen molar-refractivity contribution in [3.8, 4) is 6.07 Å². The van der Waals surface area contributed by atoms with Gasteiger partial charge in [-0.15, -0.1) is 0 Å². The fourth-order valence-corrected chi connectivity index (χ4v) is 2.43. The Morgan fingerprint density at radius 3 is 2.58 bits per heavy atom. The molecule has 2 aromatic rings. The van der Waals surface area contributed by atoms with Crippen LogP contribution in [0, 0.1) is 11.3 Å². The van der Waals surface area contributed by atoms with Crippen LogP contribution in [0.4, 0.5) is 11.4 Å². The summed E-state index contributed by atoms with van der Waals surface area (Å²) in [4.78, 5) is 25.4. The minimum atomic E-state index is -0.456. The average molecular weight is 362 g/mol. The summed E-state index contributed by atoms with van der Waals surface area (Å²) >= 11 is 11.9. The Morgan fingerprint density at radius 2 is 1.92 bits per heavy atom. The highest BCUT2D eigenvalue weighted by Gasteiger charge is 2.19. The number of amides is 2. The number of nitrogens with zero attached hydrogens (tertiary/aromatic N) is 2. The number of hydrogen-bond donors (Lipinski definition) is 1. The number of para-hydroxylation sites is 1. The quantitative estimate of drug-likeness (QED) is 0.898. The molecule has 5 nitrogen and oxygen atoms in total. The molecule has 0 aliphatic heterocycles. The summed E-state index contributed by atoms with van der Waals surface area (Å²) in [6.45, 7) is 1.07. The van der Waals surface area contributed by atoms with E-state index in [1.54, 1.807) is 36.4 Å². The molecule has 2 amide bonds. The van der Waals surface area contributed by atoms with E-state index in [1.807, 2.05) is 6.07 Å². The van der Waals surface area contributed by atoms with Crippen molar-refractivity contribution in [2.24, 2.45) is 0 Å². The first-order valence-corrected chi connectivity index (χ1v) is 7.70. The molecule has 2 aromatic carbocycles. The number of halogens is 2. The van der Waals surface area contributed by atoms with Crippen LogP contribution in [-0.2, 0) is 9.59 Å². The lowest BCUT2D eigenvalue weighted by molar-refractivity contribution is -0.120. The van der Waals surface area contributed by atoms with E-state index in [4.69, 9.17) is 28.5 Å². The van der Waals surface area contributed by atoms with Gasteiger partial charge in [-0.25, -0.2) is 0 Å². The third kappa shape index (κ3) is 4.25. The first-order valence-electron chi connectivity index (χ1n) is 6.94. The van der Waals surface area contributed by atoms with E-state index in [9.17, 15) is 9.59 Å². The number of nitrogens with one attached hydrogen (secondary N) is 1. The van der Waals surface area contributed by atoms with Gasteiger partial charge in [0.2, 0.25) is 11.8 Å². The van der Waals surface area contributed by atoms with Gasteiger partial charge >= 0.3 is 0 Å². The zero-order valence-corrected chi connectivity index (χ0v) is 14.2. The Balaban J connectivity index is 2.22. The second-order valence-corrected chi connectivity index (χ2v) is 5.75. The SMILES string of the molecule is CC(=O)N(CC(=O)Nc1cc(Cl)ccc1Cl)c1ccccc1C#N. The van der Waals surface area contributed by atoms with E-state index in [0.29, 0.717) is 27.0 Å². The highest BCUT2D eigenvalue weighted by molar-refractivity contribution is 6.35. The van der Waals surface area contributed by atoms with E-state index < -0.39 is 5.91 Å². The minimum Gasteiger partial charge on any atom is -0.323 e. The number of rotatable bonds is 4. The third-order valence-corrected chi connectivity index (χ3v) is 3.76. The van der Waals surface area contributed by atoms with E-state index in [2.05, 4.69) is 5.32 Å². The molecule has 0 unspecified atom stereocenters. The van der Waals surface area contributed by atoms with Crippen LogP contribution < -0.4 is 10.2 Å². The normalized spacial score (nSPS) is 9.92. The molecule has 0 aliphatic carbocycles. The summed E-state index contributed by atoms with van der Waals surface area (Å²) < 4.78 is 0. The van der Waals surface area contributed by atoms with Gasteiger partial charge in [-0.3, -0.25) is 9.59 Å². The Morgan fingerprint density at radius 1 is 1.21 bits per heavy atom. The van der Waals surface area contributed by atoms with Crippen LogP contribution in [0.15, 0.2) is 42.5 Å². The molecule has 7 heteroatoms. The second kappa shape index (κ2) is 7.82. The molecular weight excluding hydrogens is 349 g/mol. The van der Waals surface area contributed by atoms with E-state index in [0.717, 1.165) is 0 Å². The van der Waals surface area contributed by atoms with E-state index in [-0.39, 0.29) is 12.5 Å². The molecule has 0 aromatic heterocycles. The summed E-state index contributed by atoms with van der Waals surface area (Å²) in [6.07, 6.45) is 0.